The Hall–Kier alpha value is -2.08. The van der Waals surface area contributed by atoms with Crippen molar-refractivity contribution in [2.45, 2.75) is 12.6 Å². The van der Waals surface area contributed by atoms with Crippen molar-refractivity contribution in [2.75, 3.05) is 18.5 Å². The molecule has 0 saturated heterocycles. The number of likely N-dealkylation sites (N-methyl/N-ethyl adjacent to an activating group) is 1. The van der Waals surface area contributed by atoms with Gasteiger partial charge in [-0.25, -0.2) is 4.39 Å². The average Bonchev–Trinajstić information content (AvgIpc) is 2.56. The number of para-hydroxylation sites is 2. The average molecular weight is 379 g/mol. The first-order valence-electron chi connectivity index (χ1n) is 7.24. The van der Waals surface area contributed by atoms with Crippen LogP contribution < -0.4 is 15.0 Å². The third-order valence-corrected chi connectivity index (χ3v) is 4.27. The fourth-order valence-electron chi connectivity index (χ4n) is 2.61. The highest BCUT2D eigenvalue weighted by atomic mass is 79.9. The van der Waals surface area contributed by atoms with Gasteiger partial charge in [0.1, 0.15) is 11.6 Å². The monoisotopic (exact) mass is 378 g/mol. The molecule has 0 spiro atoms. The van der Waals surface area contributed by atoms with Gasteiger partial charge in [-0.05, 0) is 24.3 Å². The number of halogens is 2. The summed E-state index contributed by atoms with van der Waals surface area (Å²) in [6.45, 7) is 0.735. The van der Waals surface area contributed by atoms with Crippen LogP contribution in [-0.2, 0) is 11.3 Å². The standard InChI is InChI=1S/C17H16BrFN2O2/c1-20-17(22)16-10-21(14-4-2-3-5-15(14)23-16)9-11-6-7-12(18)8-13(11)19/h2-8,16H,9-10H2,1H3,(H,20,22)/t16-/m0/s1. The summed E-state index contributed by atoms with van der Waals surface area (Å²) in [6, 6.07) is 12.5. The molecule has 0 saturated carbocycles. The van der Waals surface area contributed by atoms with E-state index in [4.69, 9.17) is 4.74 Å². The molecule has 0 radical (unpaired) electrons. The zero-order chi connectivity index (χ0) is 16.4. The Morgan fingerprint density at radius 1 is 1.39 bits per heavy atom. The third kappa shape index (κ3) is 3.32. The summed E-state index contributed by atoms with van der Waals surface area (Å²) in [5, 5.41) is 2.60. The highest BCUT2D eigenvalue weighted by Gasteiger charge is 2.30. The molecule has 1 aliphatic heterocycles. The van der Waals surface area contributed by atoms with Gasteiger partial charge in [-0.1, -0.05) is 34.1 Å². The molecule has 4 nitrogen and oxygen atoms in total. The van der Waals surface area contributed by atoms with Crippen molar-refractivity contribution in [2.24, 2.45) is 0 Å². The number of ether oxygens (including phenoxy) is 1. The number of hydrogen-bond donors (Lipinski definition) is 1. The van der Waals surface area contributed by atoms with Gasteiger partial charge >= 0.3 is 0 Å². The van der Waals surface area contributed by atoms with Crippen molar-refractivity contribution < 1.29 is 13.9 Å². The van der Waals surface area contributed by atoms with E-state index < -0.39 is 6.10 Å². The SMILES string of the molecule is CNC(=O)[C@@H]1CN(Cc2ccc(Br)cc2F)c2ccccc2O1. The van der Waals surface area contributed by atoms with E-state index in [-0.39, 0.29) is 11.7 Å². The molecule has 1 N–H and O–H groups in total. The lowest BCUT2D eigenvalue weighted by Crippen LogP contribution is -2.48. The van der Waals surface area contributed by atoms with E-state index in [1.165, 1.54) is 6.07 Å². The normalized spacial score (nSPS) is 16.5. The van der Waals surface area contributed by atoms with Gasteiger partial charge in [0.25, 0.3) is 5.91 Å². The maximum absolute atomic E-state index is 14.1. The number of amides is 1. The van der Waals surface area contributed by atoms with Gasteiger partial charge in [0.05, 0.1) is 12.2 Å². The molecule has 1 heterocycles. The molecule has 3 rings (SSSR count). The second-order valence-electron chi connectivity index (χ2n) is 5.30. The van der Waals surface area contributed by atoms with Crippen molar-refractivity contribution >= 4 is 27.5 Å². The molecule has 23 heavy (non-hydrogen) atoms. The van der Waals surface area contributed by atoms with E-state index >= 15 is 0 Å². The predicted molar refractivity (Wildman–Crippen MR) is 90.1 cm³/mol. The molecule has 1 amide bonds. The van der Waals surface area contributed by atoms with E-state index in [0.717, 1.165) is 5.69 Å². The minimum absolute atomic E-state index is 0.194. The zero-order valence-electron chi connectivity index (χ0n) is 12.6. The first kappa shape index (κ1) is 15.8. The molecule has 0 bridgehead atoms. The molecule has 2 aromatic rings. The summed E-state index contributed by atoms with van der Waals surface area (Å²) < 4.78 is 20.6. The smallest absolute Gasteiger partial charge is 0.262 e. The Kier molecular flexibility index (Phi) is 4.52. The molecule has 1 aliphatic rings. The molecule has 0 aliphatic carbocycles. The quantitative estimate of drug-likeness (QED) is 0.891. The Morgan fingerprint density at radius 2 is 2.17 bits per heavy atom. The number of anilines is 1. The van der Waals surface area contributed by atoms with Crippen LogP contribution in [0.4, 0.5) is 10.1 Å². The second kappa shape index (κ2) is 6.58. The minimum Gasteiger partial charge on any atom is -0.477 e. The van der Waals surface area contributed by atoms with Gasteiger partial charge in [-0.15, -0.1) is 0 Å². The molecule has 1 atom stereocenters. The van der Waals surface area contributed by atoms with Gasteiger partial charge in [-0.2, -0.15) is 0 Å². The van der Waals surface area contributed by atoms with Crippen molar-refractivity contribution in [3.05, 3.63) is 58.3 Å². The first-order chi connectivity index (χ1) is 11.1. The molecular formula is C17H16BrFN2O2. The Bertz CT molecular complexity index is 738. The first-order valence-corrected chi connectivity index (χ1v) is 8.04. The van der Waals surface area contributed by atoms with E-state index in [0.29, 0.717) is 28.9 Å². The van der Waals surface area contributed by atoms with Crippen LogP contribution in [0.3, 0.4) is 0 Å². The number of benzene rings is 2. The predicted octanol–water partition coefficient (Wildman–Crippen LogP) is 3.10. The zero-order valence-corrected chi connectivity index (χ0v) is 14.1. The van der Waals surface area contributed by atoms with Crippen LogP contribution in [0.2, 0.25) is 0 Å². The summed E-state index contributed by atoms with van der Waals surface area (Å²) in [7, 11) is 1.57. The number of carbonyl (C=O) groups excluding carboxylic acids is 1. The number of fused-ring (bicyclic) bond motifs is 1. The summed E-state index contributed by atoms with van der Waals surface area (Å²) in [5.74, 6) is 0.158. The second-order valence-corrected chi connectivity index (χ2v) is 6.22. The van der Waals surface area contributed by atoms with E-state index in [2.05, 4.69) is 21.2 Å². The highest BCUT2D eigenvalue weighted by molar-refractivity contribution is 9.10. The van der Waals surface area contributed by atoms with Crippen molar-refractivity contribution in [3.8, 4) is 5.75 Å². The molecule has 0 aromatic heterocycles. The van der Waals surface area contributed by atoms with Crippen molar-refractivity contribution in [3.63, 3.8) is 0 Å². The number of nitrogens with zero attached hydrogens (tertiary/aromatic N) is 1. The van der Waals surface area contributed by atoms with Gasteiger partial charge in [0.15, 0.2) is 6.10 Å². The number of rotatable bonds is 3. The van der Waals surface area contributed by atoms with Gasteiger partial charge < -0.3 is 15.0 Å². The van der Waals surface area contributed by atoms with Gasteiger partial charge in [0.2, 0.25) is 0 Å². The largest absolute Gasteiger partial charge is 0.477 e. The van der Waals surface area contributed by atoms with Crippen LogP contribution in [0.5, 0.6) is 5.75 Å². The van der Waals surface area contributed by atoms with E-state index in [1.54, 1.807) is 19.2 Å². The highest BCUT2D eigenvalue weighted by Crippen LogP contribution is 2.34. The lowest BCUT2D eigenvalue weighted by molar-refractivity contribution is -0.127. The molecule has 0 fully saturated rings. The summed E-state index contributed by atoms with van der Waals surface area (Å²) >= 11 is 3.26. The van der Waals surface area contributed by atoms with Crippen LogP contribution in [0.25, 0.3) is 0 Å². The molecule has 6 heteroatoms. The summed E-state index contributed by atoms with van der Waals surface area (Å²) in [6.07, 6.45) is -0.617. The maximum atomic E-state index is 14.1. The lowest BCUT2D eigenvalue weighted by Gasteiger charge is -2.35. The summed E-state index contributed by atoms with van der Waals surface area (Å²) in [4.78, 5) is 13.9. The maximum Gasteiger partial charge on any atom is 0.262 e. The molecule has 2 aromatic carbocycles. The minimum atomic E-state index is -0.617. The van der Waals surface area contributed by atoms with Crippen LogP contribution in [0, 0.1) is 5.82 Å². The molecule has 0 unspecified atom stereocenters. The molecule has 120 valence electrons. The van der Waals surface area contributed by atoms with Crippen molar-refractivity contribution in [1.82, 2.24) is 5.32 Å². The van der Waals surface area contributed by atoms with Gasteiger partial charge in [-0.3, -0.25) is 4.79 Å². The van der Waals surface area contributed by atoms with Gasteiger partial charge in [0, 0.05) is 23.6 Å². The van der Waals surface area contributed by atoms with Crippen molar-refractivity contribution in [1.29, 1.82) is 0 Å². The Morgan fingerprint density at radius 3 is 2.91 bits per heavy atom. The Labute approximate surface area is 142 Å². The fraction of sp³-hybridized carbons (Fsp3) is 0.235. The van der Waals surface area contributed by atoms with Crippen LogP contribution in [0.15, 0.2) is 46.9 Å². The number of nitrogens with one attached hydrogen (secondary N) is 1. The van der Waals surface area contributed by atoms with E-state index in [1.807, 2.05) is 29.2 Å². The van der Waals surface area contributed by atoms with Crippen LogP contribution in [0.1, 0.15) is 5.56 Å². The van der Waals surface area contributed by atoms with Crippen LogP contribution in [-0.4, -0.2) is 25.6 Å². The number of hydrogen-bond acceptors (Lipinski definition) is 3. The summed E-state index contributed by atoms with van der Waals surface area (Å²) in [5.41, 5.74) is 1.43. The Balaban J connectivity index is 1.91. The van der Waals surface area contributed by atoms with Crippen LogP contribution >= 0.6 is 15.9 Å². The van der Waals surface area contributed by atoms with E-state index in [9.17, 15) is 9.18 Å². The third-order valence-electron chi connectivity index (χ3n) is 3.78. The lowest BCUT2D eigenvalue weighted by atomic mass is 10.1. The number of carbonyl (C=O) groups is 1. The molecular weight excluding hydrogens is 363 g/mol. The fourth-order valence-corrected chi connectivity index (χ4v) is 2.94. The topological polar surface area (TPSA) is 41.6 Å².